The van der Waals surface area contributed by atoms with Crippen molar-refractivity contribution >= 4 is 16.8 Å². The van der Waals surface area contributed by atoms with Gasteiger partial charge in [-0.1, -0.05) is 12.1 Å². The van der Waals surface area contributed by atoms with E-state index in [9.17, 15) is 9.59 Å². The minimum atomic E-state index is -0.173. The van der Waals surface area contributed by atoms with Gasteiger partial charge in [-0.25, -0.2) is 4.98 Å². The molecular weight excluding hydrogens is 306 g/mol. The van der Waals surface area contributed by atoms with Crippen LogP contribution in [-0.4, -0.2) is 40.0 Å². The molecule has 0 spiro atoms. The van der Waals surface area contributed by atoms with Crippen molar-refractivity contribution in [2.45, 2.75) is 39.3 Å². The van der Waals surface area contributed by atoms with Crippen molar-refractivity contribution in [1.29, 1.82) is 0 Å². The highest BCUT2D eigenvalue weighted by molar-refractivity contribution is 5.80. The first-order chi connectivity index (χ1) is 11.6. The zero-order chi connectivity index (χ0) is 17.1. The predicted molar refractivity (Wildman–Crippen MR) is 91.6 cm³/mol. The van der Waals surface area contributed by atoms with E-state index < -0.39 is 0 Å². The zero-order valence-electron chi connectivity index (χ0n) is 14.1. The Labute approximate surface area is 140 Å². The molecule has 1 saturated heterocycles. The van der Waals surface area contributed by atoms with E-state index in [-0.39, 0.29) is 23.5 Å². The Morgan fingerprint density at radius 1 is 1.42 bits per heavy atom. The van der Waals surface area contributed by atoms with Gasteiger partial charge >= 0.3 is 0 Å². The van der Waals surface area contributed by atoms with E-state index in [1.54, 1.807) is 11.0 Å². The highest BCUT2D eigenvalue weighted by atomic mass is 16.5. The molecule has 6 heteroatoms. The second-order valence-corrected chi connectivity index (χ2v) is 6.21. The Kier molecular flexibility index (Phi) is 4.94. The number of fused-ring (bicyclic) bond motifs is 1. The summed E-state index contributed by atoms with van der Waals surface area (Å²) in [6, 6.07) is 7.21. The molecule has 1 aromatic heterocycles. The first-order valence-corrected chi connectivity index (χ1v) is 8.48. The number of rotatable bonds is 4. The van der Waals surface area contributed by atoms with E-state index >= 15 is 0 Å². The number of aromatic amines is 1. The number of carbonyl (C=O) groups is 1. The van der Waals surface area contributed by atoms with Crippen molar-refractivity contribution in [3.63, 3.8) is 0 Å². The van der Waals surface area contributed by atoms with Gasteiger partial charge < -0.3 is 14.6 Å². The van der Waals surface area contributed by atoms with E-state index in [0.29, 0.717) is 29.8 Å². The van der Waals surface area contributed by atoms with Crippen LogP contribution in [0.4, 0.5) is 0 Å². The number of benzene rings is 1. The number of ether oxygens (including phenoxy) is 1. The molecule has 1 aliphatic rings. The first-order valence-electron chi connectivity index (χ1n) is 8.48. The van der Waals surface area contributed by atoms with Gasteiger partial charge in [-0.2, -0.15) is 0 Å². The summed E-state index contributed by atoms with van der Waals surface area (Å²) in [5.74, 6) is 0.463. The zero-order valence-corrected chi connectivity index (χ0v) is 14.1. The molecule has 0 bridgehead atoms. The molecule has 0 saturated carbocycles. The van der Waals surface area contributed by atoms with Crippen LogP contribution in [0.5, 0.6) is 0 Å². The maximum atomic E-state index is 12.8. The first kappa shape index (κ1) is 16.6. The van der Waals surface area contributed by atoms with Crippen LogP contribution >= 0.6 is 0 Å². The summed E-state index contributed by atoms with van der Waals surface area (Å²) in [6.45, 7) is 5.48. The molecule has 1 fully saturated rings. The Hall–Kier alpha value is -2.21. The van der Waals surface area contributed by atoms with E-state index in [1.807, 2.05) is 32.0 Å². The van der Waals surface area contributed by atoms with E-state index in [4.69, 9.17) is 4.74 Å². The van der Waals surface area contributed by atoms with E-state index in [2.05, 4.69) is 9.97 Å². The normalized spacial score (nSPS) is 20.9. The molecule has 3 rings (SSSR count). The van der Waals surface area contributed by atoms with Gasteiger partial charge in [0.05, 0.1) is 29.5 Å². The molecule has 2 aromatic rings. The largest absolute Gasteiger partial charge is 0.378 e. The van der Waals surface area contributed by atoms with Gasteiger partial charge in [-0.05, 0) is 38.8 Å². The van der Waals surface area contributed by atoms with Crippen LogP contribution in [0.3, 0.4) is 0 Å². The fourth-order valence-corrected chi connectivity index (χ4v) is 3.22. The van der Waals surface area contributed by atoms with Crippen LogP contribution in [0.2, 0.25) is 0 Å². The lowest BCUT2D eigenvalue weighted by atomic mass is 9.94. The monoisotopic (exact) mass is 329 g/mol. The highest BCUT2D eigenvalue weighted by Gasteiger charge is 2.31. The third-order valence-corrected chi connectivity index (χ3v) is 4.62. The summed E-state index contributed by atoms with van der Waals surface area (Å²) < 4.78 is 5.61. The number of para-hydroxylation sites is 1. The van der Waals surface area contributed by atoms with Gasteiger partial charge in [0.25, 0.3) is 5.56 Å². The van der Waals surface area contributed by atoms with Crippen molar-refractivity contribution in [2.24, 2.45) is 5.92 Å². The molecule has 0 aliphatic carbocycles. The lowest BCUT2D eigenvalue weighted by Gasteiger charge is -2.32. The number of nitrogens with one attached hydrogen (secondary N) is 1. The Morgan fingerprint density at radius 2 is 2.21 bits per heavy atom. The highest BCUT2D eigenvalue weighted by Crippen LogP contribution is 2.23. The van der Waals surface area contributed by atoms with Crippen molar-refractivity contribution in [2.75, 3.05) is 13.2 Å². The van der Waals surface area contributed by atoms with E-state index in [1.165, 1.54) is 0 Å². The summed E-state index contributed by atoms with van der Waals surface area (Å²) in [7, 11) is 0. The third-order valence-electron chi connectivity index (χ3n) is 4.62. The second kappa shape index (κ2) is 7.13. The van der Waals surface area contributed by atoms with Gasteiger partial charge in [0, 0.05) is 13.2 Å². The lowest BCUT2D eigenvalue weighted by molar-refractivity contribution is -0.144. The molecule has 2 heterocycles. The van der Waals surface area contributed by atoms with Crippen LogP contribution in [0, 0.1) is 5.92 Å². The number of H-pyrrole nitrogens is 1. The number of nitrogens with zero attached hydrogens (tertiary/aromatic N) is 2. The Balaban J connectivity index is 1.82. The molecule has 24 heavy (non-hydrogen) atoms. The number of hydrogen-bond acceptors (Lipinski definition) is 4. The SMILES string of the molecule is CCN(Cc1nc2ccccc2c(=O)[nH]1)C(=O)C1CCCOC1C. The molecule has 1 amide bonds. The topological polar surface area (TPSA) is 75.3 Å². The van der Waals surface area contributed by atoms with Crippen LogP contribution in [0.25, 0.3) is 10.9 Å². The minimum absolute atomic E-state index is 0.0658. The second-order valence-electron chi connectivity index (χ2n) is 6.21. The average molecular weight is 329 g/mol. The molecule has 2 unspecified atom stereocenters. The molecule has 0 radical (unpaired) electrons. The fraction of sp³-hybridized carbons (Fsp3) is 0.500. The van der Waals surface area contributed by atoms with Crippen molar-refractivity contribution in [1.82, 2.24) is 14.9 Å². The fourth-order valence-electron chi connectivity index (χ4n) is 3.22. The Morgan fingerprint density at radius 3 is 2.96 bits per heavy atom. The number of amides is 1. The van der Waals surface area contributed by atoms with Gasteiger partial charge in [0.1, 0.15) is 5.82 Å². The molecule has 128 valence electrons. The Bertz CT molecular complexity index is 786. The molecule has 6 nitrogen and oxygen atoms in total. The van der Waals surface area contributed by atoms with Crippen LogP contribution < -0.4 is 5.56 Å². The lowest BCUT2D eigenvalue weighted by Crippen LogP contribution is -2.43. The van der Waals surface area contributed by atoms with E-state index in [0.717, 1.165) is 19.4 Å². The van der Waals surface area contributed by atoms with Crippen LogP contribution in [0.1, 0.15) is 32.5 Å². The van der Waals surface area contributed by atoms with Gasteiger partial charge in [0.2, 0.25) is 5.91 Å². The molecule has 1 N–H and O–H groups in total. The van der Waals surface area contributed by atoms with Crippen molar-refractivity contribution in [3.8, 4) is 0 Å². The number of hydrogen-bond donors (Lipinski definition) is 1. The summed E-state index contributed by atoms with van der Waals surface area (Å²) in [5, 5.41) is 0.560. The van der Waals surface area contributed by atoms with Gasteiger partial charge in [-0.15, -0.1) is 0 Å². The van der Waals surface area contributed by atoms with Crippen LogP contribution in [0.15, 0.2) is 29.1 Å². The summed E-state index contributed by atoms with van der Waals surface area (Å²) in [6.07, 6.45) is 1.69. The van der Waals surface area contributed by atoms with Crippen LogP contribution in [-0.2, 0) is 16.1 Å². The minimum Gasteiger partial charge on any atom is -0.378 e. The standard InChI is InChI=1S/C18H23N3O3/c1-3-21(18(23)13-8-6-10-24-12(13)2)11-16-19-15-9-5-4-7-14(15)17(22)20-16/h4-5,7,9,12-13H,3,6,8,10-11H2,1-2H3,(H,19,20,22). The predicted octanol–water partition coefficient (Wildman–Crippen LogP) is 2.09. The quantitative estimate of drug-likeness (QED) is 0.932. The molecule has 2 atom stereocenters. The molecular formula is C18H23N3O3. The smallest absolute Gasteiger partial charge is 0.258 e. The number of aromatic nitrogens is 2. The maximum Gasteiger partial charge on any atom is 0.258 e. The van der Waals surface area contributed by atoms with Gasteiger partial charge in [-0.3, -0.25) is 9.59 Å². The average Bonchev–Trinajstić information content (AvgIpc) is 2.59. The summed E-state index contributed by atoms with van der Waals surface area (Å²) in [4.78, 5) is 34.0. The summed E-state index contributed by atoms with van der Waals surface area (Å²) >= 11 is 0. The summed E-state index contributed by atoms with van der Waals surface area (Å²) in [5.41, 5.74) is 0.475. The van der Waals surface area contributed by atoms with Crippen molar-refractivity contribution < 1.29 is 9.53 Å². The van der Waals surface area contributed by atoms with Crippen molar-refractivity contribution in [3.05, 3.63) is 40.4 Å². The molecule has 1 aromatic carbocycles. The molecule has 1 aliphatic heterocycles. The van der Waals surface area contributed by atoms with Gasteiger partial charge in [0.15, 0.2) is 0 Å². The number of carbonyl (C=O) groups excluding carboxylic acids is 1. The third kappa shape index (κ3) is 3.33. The maximum absolute atomic E-state index is 12.8.